The van der Waals surface area contributed by atoms with E-state index in [1.807, 2.05) is 6.07 Å². The Bertz CT molecular complexity index is 403. The first kappa shape index (κ1) is 13.8. The molecule has 1 saturated heterocycles. The fourth-order valence-corrected chi connectivity index (χ4v) is 2.35. The molecule has 1 aliphatic heterocycles. The van der Waals surface area contributed by atoms with Crippen LogP contribution in [0.5, 0.6) is 11.5 Å². The van der Waals surface area contributed by atoms with Gasteiger partial charge in [-0.2, -0.15) is 0 Å². The maximum Gasteiger partial charge on any atom is 0.179 e. The molecule has 1 aliphatic rings. The molecule has 3 nitrogen and oxygen atoms in total. The maximum absolute atomic E-state index is 6.18. The summed E-state index contributed by atoms with van der Waals surface area (Å²) in [6.45, 7) is 2.15. The minimum absolute atomic E-state index is 0.396. The van der Waals surface area contributed by atoms with Crippen molar-refractivity contribution in [2.45, 2.75) is 12.3 Å². The highest BCUT2D eigenvalue weighted by molar-refractivity contribution is 6.32. The first-order chi connectivity index (χ1) is 8.74. The largest absolute Gasteiger partial charge is 0.493 e. The van der Waals surface area contributed by atoms with Gasteiger partial charge >= 0.3 is 0 Å². The van der Waals surface area contributed by atoms with Crippen LogP contribution in [0.25, 0.3) is 0 Å². The van der Waals surface area contributed by atoms with Gasteiger partial charge in [0.05, 0.1) is 25.3 Å². The van der Waals surface area contributed by atoms with Crippen molar-refractivity contribution in [2.24, 2.45) is 5.92 Å². The molecule has 0 radical (unpaired) electrons. The third-order valence-electron chi connectivity index (χ3n) is 2.93. The summed E-state index contributed by atoms with van der Waals surface area (Å²) < 4.78 is 16.4. The number of hydrogen-bond donors (Lipinski definition) is 0. The van der Waals surface area contributed by atoms with Crippen molar-refractivity contribution in [3.63, 3.8) is 0 Å². The predicted molar refractivity (Wildman–Crippen MR) is 72.0 cm³/mol. The van der Waals surface area contributed by atoms with Gasteiger partial charge in [-0.25, -0.2) is 0 Å². The number of ether oxygens (including phenoxy) is 3. The molecule has 1 fully saturated rings. The minimum Gasteiger partial charge on any atom is -0.493 e. The third kappa shape index (κ3) is 3.22. The summed E-state index contributed by atoms with van der Waals surface area (Å²) in [7, 11) is 1.59. The molecule has 0 bridgehead atoms. The second kappa shape index (κ2) is 6.50. The molecule has 5 heteroatoms. The zero-order valence-electron chi connectivity index (χ0n) is 10.2. The fraction of sp³-hybridized carbons (Fsp3) is 0.538. The molecule has 2 rings (SSSR count). The van der Waals surface area contributed by atoms with Crippen LogP contribution in [0.15, 0.2) is 12.1 Å². The van der Waals surface area contributed by atoms with E-state index in [-0.39, 0.29) is 0 Å². The van der Waals surface area contributed by atoms with E-state index >= 15 is 0 Å². The van der Waals surface area contributed by atoms with Crippen molar-refractivity contribution >= 4 is 23.2 Å². The molecule has 1 atom stereocenters. The first-order valence-corrected chi connectivity index (χ1v) is 6.78. The van der Waals surface area contributed by atoms with Gasteiger partial charge in [0.1, 0.15) is 0 Å². The molecule has 0 aliphatic carbocycles. The molecule has 0 spiro atoms. The van der Waals surface area contributed by atoms with Crippen molar-refractivity contribution in [2.75, 3.05) is 26.9 Å². The van der Waals surface area contributed by atoms with Crippen LogP contribution in [-0.2, 0) is 10.6 Å². The Balaban J connectivity index is 2.10. The smallest absolute Gasteiger partial charge is 0.179 e. The average Bonchev–Trinajstić information content (AvgIpc) is 2.89. The molecule has 0 amide bonds. The van der Waals surface area contributed by atoms with E-state index in [1.165, 1.54) is 0 Å². The zero-order chi connectivity index (χ0) is 13.0. The molecule has 100 valence electrons. The molecule has 0 saturated carbocycles. The summed E-state index contributed by atoms with van der Waals surface area (Å²) in [6, 6.07) is 3.65. The minimum atomic E-state index is 0.396. The molecule has 0 N–H and O–H groups in total. The quantitative estimate of drug-likeness (QED) is 0.777. The maximum atomic E-state index is 6.18. The second-order valence-electron chi connectivity index (χ2n) is 4.28. The van der Waals surface area contributed by atoms with Gasteiger partial charge in [-0.1, -0.05) is 11.6 Å². The lowest BCUT2D eigenvalue weighted by Crippen LogP contribution is -2.12. The number of benzene rings is 1. The van der Waals surface area contributed by atoms with Gasteiger partial charge in [-0.3, -0.25) is 0 Å². The zero-order valence-corrected chi connectivity index (χ0v) is 11.8. The van der Waals surface area contributed by atoms with Gasteiger partial charge in [-0.15, -0.1) is 11.6 Å². The Morgan fingerprint density at radius 3 is 2.89 bits per heavy atom. The van der Waals surface area contributed by atoms with Gasteiger partial charge in [0.25, 0.3) is 0 Å². The van der Waals surface area contributed by atoms with Crippen LogP contribution in [0.4, 0.5) is 0 Å². The highest BCUT2D eigenvalue weighted by Crippen LogP contribution is 2.37. The number of hydrogen-bond acceptors (Lipinski definition) is 3. The summed E-state index contributed by atoms with van der Waals surface area (Å²) in [5.41, 5.74) is 0.912. The highest BCUT2D eigenvalue weighted by Gasteiger charge is 2.18. The number of halogens is 2. The lowest BCUT2D eigenvalue weighted by atomic mass is 10.1. The molecular formula is C13H16Cl2O3. The molecule has 1 aromatic carbocycles. The Hall–Kier alpha value is -0.640. The van der Waals surface area contributed by atoms with Crippen LogP contribution in [0.2, 0.25) is 5.02 Å². The molecule has 0 aromatic heterocycles. The lowest BCUT2D eigenvalue weighted by molar-refractivity contribution is 0.165. The van der Waals surface area contributed by atoms with Crippen LogP contribution in [0.1, 0.15) is 12.0 Å². The Kier molecular flexibility index (Phi) is 4.98. The lowest BCUT2D eigenvalue weighted by Gasteiger charge is -2.15. The standard InChI is InChI=1S/C13H16Cl2O3/c1-16-12-5-10(6-14)4-11(15)13(12)18-8-9-2-3-17-7-9/h4-5,9H,2-3,6-8H2,1H3. The normalized spacial score (nSPS) is 18.9. The summed E-state index contributed by atoms with van der Waals surface area (Å²) >= 11 is 12.0. The van der Waals surface area contributed by atoms with E-state index in [9.17, 15) is 0 Å². The van der Waals surface area contributed by atoms with Crippen molar-refractivity contribution in [1.29, 1.82) is 0 Å². The van der Waals surface area contributed by atoms with E-state index in [4.69, 9.17) is 37.4 Å². The van der Waals surface area contributed by atoms with Crippen LogP contribution in [0, 0.1) is 5.92 Å². The Labute approximate surface area is 117 Å². The van der Waals surface area contributed by atoms with Gasteiger partial charge in [-0.05, 0) is 24.1 Å². The summed E-state index contributed by atoms with van der Waals surface area (Å²) in [6.07, 6.45) is 1.03. The van der Waals surface area contributed by atoms with Crippen LogP contribution in [-0.4, -0.2) is 26.9 Å². The van der Waals surface area contributed by atoms with Crippen molar-refractivity contribution in [3.05, 3.63) is 22.7 Å². The Morgan fingerprint density at radius 2 is 2.28 bits per heavy atom. The third-order valence-corrected chi connectivity index (χ3v) is 3.52. The van der Waals surface area contributed by atoms with Gasteiger partial charge in [0.15, 0.2) is 11.5 Å². The number of rotatable bonds is 5. The summed E-state index contributed by atoms with van der Waals surface area (Å²) in [4.78, 5) is 0. The van der Waals surface area contributed by atoms with Gasteiger partial charge < -0.3 is 14.2 Å². The van der Waals surface area contributed by atoms with E-state index in [1.54, 1.807) is 13.2 Å². The van der Waals surface area contributed by atoms with Crippen molar-refractivity contribution in [1.82, 2.24) is 0 Å². The van der Waals surface area contributed by atoms with E-state index in [0.717, 1.165) is 25.2 Å². The van der Waals surface area contributed by atoms with E-state index in [2.05, 4.69) is 0 Å². The molecule has 1 aromatic rings. The van der Waals surface area contributed by atoms with Crippen LogP contribution < -0.4 is 9.47 Å². The SMILES string of the molecule is COc1cc(CCl)cc(Cl)c1OCC1CCOC1. The van der Waals surface area contributed by atoms with E-state index < -0.39 is 0 Å². The van der Waals surface area contributed by atoms with Crippen molar-refractivity contribution < 1.29 is 14.2 Å². The average molecular weight is 291 g/mol. The van der Waals surface area contributed by atoms with E-state index in [0.29, 0.717) is 34.9 Å². The second-order valence-corrected chi connectivity index (χ2v) is 4.96. The molecule has 1 heterocycles. The fourth-order valence-electron chi connectivity index (χ4n) is 1.91. The topological polar surface area (TPSA) is 27.7 Å². The summed E-state index contributed by atoms with van der Waals surface area (Å²) in [5.74, 6) is 2.03. The van der Waals surface area contributed by atoms with Gasteiger partial charge in [0, 0.05) is 18.4 Å². The summed E-state index contributed by atoms with van der Waals surface area (Å²) in [5, 5.41) is 0.531. The predicted octanol–water partition coefficient (Wildman–Crippen LogP) is 3.50. The van der Waals surface area contributed by atoms with Crippen LogP contribution >= 0.6 is 23.2 Å². The first-order valence-electron chi connectivity index (χ1n) is 5.87. The Morgan fingerprint density at radius 1 is 1.44 bits per heavy atom. The number of alkyl halides is 1. The van der Waals surface area contributed by atoms with Crippen LogP contribution in [0.3, 0.4) is 0 Å². The molecule has 1 unspecified atom stereocenters. The molecule has 18 heavy (non-hydrogen) atoms. The van der Waals surface area contributed by atoms with Crippen molar-refractivity contribution in [3.8, 4) is 11.5 Å². The molecular weight excluding hydrogens is 275 g/mol. The monoisotopic (exact) mass is 290 g/mol. The number of methoxy groups -OCH3 is 1. The highest BCUT2D eigenvalue weighted by atomic mass is 35.5. The van der Waals surface area contributed by atoms with Gasteiger partial charge in [0.2, 0.25) is 0 Å².